The summed E-state index contributed by atoms with van der Waals surface area (Å²) >= 11 is 0. The highest BCUT2D eigenvalue weighted by atomic mass is 16.5. The summed E-state index contributed by atoms with van der Waals surface area (Å²) in [5.74, 6) is -0.144. The molecule has 0 saturated heterocycles. The van der Waals surface area contributed by atoms with E-state index in [0.29, 0.717) is 0 Å². The van der Waals surface area contributed by atoms with E-state index >= 15 is 0 Å². The molecule has 0 aromatic rings. The molecule has 0 bridgehead atoms. The van der Waals surface area contributed by atoms with Crippen molar-refractivity contribution in [1.29, 1.82) is 0 Å². The predicted molar refractivity (Wildman–Crippen MR) is 66.8 cm³/mol. The number of hydrogen-bond acceptors (Lipinski definition) is 3. The zero-order valence-electron chi connectivity index (χ0n) is 10.6. The lowest BCUT2D eigenvalue weighted by atomic mass is 9.95. The summed E-state index contributed by atoms with van der Waals surface area (Å²) in [6, 6.07) is 0.262. The molecule has 0 aliphatic carbocycles. The van der Waals surface area contributed by atoms with Gasteiger partial charge >= 0.3 is 5.97 Å². The molecule has 0 radical (unpaired) electrons. The fourth-order valence-electron chi connectivity index (χ4n) is 1.74. The second-order valence-electron chi connectivity index (χ2n) is 4.19. The summed E-state index contributed by atoms with van der Waals surface area (Å²) in [6.45, 7) is 7.56. The van der Waals surface area contributed by atoms with Crippen molar-refractivity contribution in [3.8, 4) is 0 Å². The second-order valence-corrected chi connectivity index (χ2v) is 4.19. The van der Waals surface area contributed by atoms with Crippen molar-refractivity contribution in [3.63, 3.8) is 0 Å². The molecule has 3 nitrogen and oxygen atoms in total. The van der Waals surface area contributed by atoms with Crippen LogP contribution in [0.1, 0.15) is 52.4 Å². The Balaban J connectivity index is 3.93. The van der Waals surface area contributed by atoms with Crippen molar-refractivity contribution in [3.05, 3.63) is 12.8 Å². The van der Waals surface area contributed by atoms with Gasteiger partial charge in [-0.05, 0) is 25.7 Å². The maximum absolute atomic E-state index is 11.6. The minimum atomic E-state index is -0.151. The van der Waals surface area contributed by atoms with Gasteiger partial charge in [0.15, 0.2) is 0 Å². The summed E-state index contributed by atoms with van der Waals surface area (Å²) in [6.07, 6.45) is 6.93. The average molecular weight is 227 g/mol. The molecular formula is C13H25NO2. The molecule has 2 atom stereocenters. The third-order valence-electron chi connectivity index (χ3n) is 2.82. The van der Waals surface area contributed by atoms with Crippen LogP contribution in [0.2, 0.25) is 0 Å². The molecule has 94 valence electrons. The predicted octanol–water partition coefficient (Wildman–Crippen LogP) is 3.00. The van der Waals surface area contributed by atoms with E-state index < -0.39 is 0 Å². The largest absolute Gasteiger partial charge is 0.435 e. The van der Waals surface area contributed by atoms with E-state index in [2.05, 4.69) is 20.4 Å². The number of rotatable bonds is 9. The summed E-state index contributed by atoms with van der Waals surface area (Å²) in [7, 11) is 0. The van der Waals surface area contributed by atoms with Gasteiger partial charge in [-0.3, -0.25) is 4.79 Å². The zero-order valence-corrected chi connectivity index (χ0v) is 10.6. The van der Waals surface area contributed by atoms with Gasteiger partial charge in [0.25, 0.3) is 0 Å². The topological polar surface area (TPSA) is 52.3 Å². The van der Waals surface area contributed by atoms with Crippen molar-refractivity contribution >= 4 is 5.97 Å². The Morgan fingerprint density at radius 2 is 2.06 bits per heavy atom. The molecule has 0 aliphatic heterocycles. The van der Waals surface area contributed by atoms with E-state index in [0.717, 1.165) is 38.5 Å². The first kappa shape index (κ1) is 15.2. The molecule has 0 heterocycles. The van der Waals surface area contributed by atoms with Gasteiger partial charge in [-0.2, -0.15) is 0 Å². The fraction of sp³-hybridized carbons (Fsp3) is 0.769. The highest BCUT2D eigenvalue weighted by Crippen LogP contribution is 2.17. The van der Waals surface area contributed by atoms with Gasteiger partial charge < -0.3 is 10.5 Å². The van der Waals surface area contributed by atoms with Crippen LogP contribution in [-0.4, -0.2) is 12.0 Å². The number of nitrogens with two attached hydrogens (primary N) is 1. The smallest absolute Gasteiger partial charge is 0.313 e. The number of carbonyl (C=O) groups is 1. The van der Waals surface area contributed by atoms with Crippen LogP contribution >= 0.6 is 0 Å². The number of hydrogen-bond donors (Lipinski definition) is 1. The minimum Gasteiger partial charge on any atom is -0.435 e. The Bertz CT molecular complexity index is 204. The van der Waals surface area contributed by atoms with E-state index in [4.69, 9.17) is 10.5 Å². The van der Waals surface area contributed by atoms with Crippen LogP contribution in [-0.2, 0) is 9.53 Å². The first-order chi connectivity index (χ1) is 7.65. The molecule has 0 spiro atoms. The number of ether oxygens (including phenoxy) is 1. The van der Waals surface area contributed by atoms with Crippen molar-refractivity contribution < 1.29 is 9.53 Å². The molecule has 16 heavy (non-hydrogen) atoms. The Hall–Kier alpha value is -0.830. The summed E-state index contributed by atoms with van der Waals surface area (Å²) in [5, 5.41) is 0. The first-order valence-corrected chi connectivity index (χ1v) is 6.22. The Kier molecular flexibility index (Phi) is 8.91. The normalized spacial score (nSPS) is 14.2. The Morgan fingerprint density at radius 3 is 2.56 bits per heavy atom. The van der Waals surface area contributed by atoms with Crippen LogP contribution in [0.3, 0.4) is 0 Å². The number of esters is 1. The highest BCUT2D eigenvalue weighted by Gasteiger charge is 2.18. The standard InChI is InChI=1S/C13H25NO2/c1-4-8-11(13(15)16-6-3)9-7-10-12(14)5-2/h6,11-12H,3-5,7-10,14H2,1-2H3. The van der Waals surface area contributed by atoms with E-state index in [1.165, 1.54) is 6.26 Å². The number of carbonyl (C=O) groups excluding carboxylic acids is 1. The Labute approximate surface area is 99.0 Å². The molecule has 0 aliphatic rings. The van der Waals surface area contributed by atoms with Crippen molar-refractivity contribution in [2.75, 3.05) is 0 Å². The van der Waals surface area contributed by atoms with Crippen LogP contribution in [0.15, 0.2) is 12.8 Å². The second kappa shape index (κ2) is 9.40. The van der Waals surface area contributed by atoms with Crippen molar-refractivity contribution in [2.45, 2.75) is 58.4 Å². The molecule has 0 aromatic heterocycles. The lowest BCUT2D eigenvalue weighted by molar-refractivity contribution is -0.143. The Morgan fingerprint density at radius 1 is 1.38 bits per heavy atom. The molecule has 2 unspecified atom stereocenters. The maximum Gasteiger partial charge on any atom is 0.313 e. The van der Waals surface area contributed by atoms with Gasteiger partial charge in [0, 0.05) is 6.04 Å². The molecule has 2 N–H and O–H groups in total. The molecule has 0 aromatic carbocycles. The zero-order chi connectivity index (χ0) is 12.4. The third-order valence-corrected chi connectivity index (χ3v) is 2.82. The SMILES string of the molecule is C=COC(=O)C(CCC)CCCC(N)CC. The summed E-state index contributed by atoms with van der Waals surface area (Å²) < 4.78 is 4.83. The van der Waals surface area contributed by atoms with E-state index in [1.807, 2.05) is 0 Å². The summed E-state index contributed by atoms with van der Waals surface area (Å²) in [4.78, 5) is 11.6. The van der Waals surface area contributed by atoms with Crippen LogP contribution < -0.4 is 5.73 Å². The maximum atomic E-state index is 11.6. The van der Waals surface area contributed by atoms with Crippen LogP contribution in [0.5, 0.6) is 0 Å². The molecule has 3 heteroatoms. The van der Waals surface area contributed by atoms with Crippen molar-refractivity contribution in [1.82, 2.24) is 0 Å². The van der Waals surface area contributed by atoms with Gasteiger partial charge in [0.1, 0.15) is 0 Å². The van der Waals surface area contributed by atoms with Gasteiger partial charge in [-0.25, -0.2) is 0 Å². The quantitative estimate of drug-likeness (QED) is 0.486. The minimum absolute atomic E-state index is 0.00653. The lowest BCUT2D eigenvalue weighted by Gasteiger charge is -2.14. The fourth-order valence-corrected chi connectivity index (χ4v) is 1.74. The van der Waals surface area contributed by atoms with Gasteiger partial charge in [-0.1, -0.05) is 33.3 Å². The molecule has 0 rings (SSSR count). The van der Waals surface area contributed by atoms with Crippen LogP contribution in [0, 0.1) is 5.92 Å². The van der Waals surface area contributed by atoms with E-state index in [9.17, 15) is 4.79 Å². The van der Waals surface area contributed by atoms with E-state index in [-0.39, 0.29) is 17.9 Å². The van der Waals surface area contributed by atoms with Crippen LogP contribution in [0.25, 0.3) is 0 Å². The first-order valence-electron chi connectivity index (χ1n) is 6.22. The average Bonchev–Trinajstić information content (AvgIpc) is 2.28. The molecule has 0 amide bonds. The summed E-state index contributed by atoms with van der Waals surface area (Å²) in [5.41, 5.74) is 5.84. The lowest BCUT2D eigenvalue weighted by Crippen LogP contribution is -2.20. The van der Waals surface area contributed by atoms with Gasteiger partial charge in [0.2, 0.25) is 0 Å². The third kappa shape index (κ3) is 6.62. The molecule has 0 fully saturated rings. The van der Waals surface area contributed by atoms with E-state index in [1.54, 1.807) is 0 Å². The molecule has 0 saturated carbocycles. The highest BCUT2D eigenvalue weighted by molar-refractivity contribution is 5.72. The molecular weight excluding hydrogens is 202 g/mol. The monoisotopic (exact) mass is 227 g/mol. The van der Waals surface area contributed by atoms with Gasteiger partial charge in [0.05, 0.1) is 12.2 Å². The van der Waals surface area contributed by atoms with Crippen LogP contribution in [0.4, 0.5) is 0 Å². The van der Waals surface area contributed by atoms with Crippen molar-refractivity contribution in [2.24, 2.45) is 11.7 Å². The van der Waals surface area contributed by atoms with Gasteiger partial charge in [-0.15, -0.1) is 0 Å².